The zero-order valence-electron chi connectivity index (χ0n) is 17.5. The van der Waals surface area contributed by atoms with Crippen molar-refractivity contribution in [3.8, 4) is 11.5 Å². The lowest BCUT2D eigenvalue weighted by Gasteiger charge is -2.13. The van der Waals surface area contributed by atoms with Gasteiger partial charge in [0.1, 0.15) is 5.70 Å². The van der Waals surface area contributed by atoms with Crippen molar-refractivity contribution in [3.63, 3.8) is 0 Å². The number of aromatic nitrogens is 1. The molecule has 2 amide bonds. The summed E-state index contributed by atoms with van der Waals surface area (Å²) in [5, 5.41) is 5.54. The van der Waals surface area contributed by atoms with E-state index in [-0.39, 0.29) is 5.70 Å². The Morgan fingerprint density at radius 1 is 0.968 bits per heavy atom. The van der Waals surface area contributed by atoms with E-state index in [0.29, 0.717) is 28.3 Å². The van der Waals surface area contributed by atoms with Gasteiger partial charge in [0.05, 0.1) is 14.2 Å². The predicted octanol–water partition coefficient (Wildman–Crippen LogP) is 3.82. The molecule has 0 radical (unpaired) electrons. The van der Waals surface area contributed by atoms with Crippen LogP contribution in [0.4, 0.5) is 5.69 Å². The van der Waals surface area contributed by atoms with Crippen LogP contribution in [-0.4, -0.2) is 31.0 Å². The number of hydrogen-bond acceptors (Lipinski definition) is 5. The molecule has 1 heterocycles. The van der Waals surface area contributed by atoms with Crippen molar-refractivity contribution in [1.29, 1.82) is 0 Å². The van der Waals surface area contributed by atoms with Crippen LogP contribution in [0.5, 0.6) is 11.5 Å². The maximum Gasteiger partial charge on any atom is 0.272 e. The van der Waals surface area contributed by atoms with Gasteiger partial charge in [0, 0.05) is 23.6 Å². The first-order chi connectivity index (χ1) is 15.0. The molecule has 0 fully saturated rings. The molecule has 31 heavy (non-hydrogen) atoms. The summed E-state index contributed by atoms with van der Waals surface area (Å²) in [6.07, 6.45) is 4.80. The van der Waals surface area contributed by atoms with Crippen molar-refractivity contribution in [3.05, 3.63) is 89.4 Å². The Kier molecular flexibility index (Phi) is 7.01. The first-order valence-electron chi connectivity index (χ1n) is 9.54. The smallest absolute Gasteiger partial charge is 0.272 e. The van der Waals surface area contributed by atoms with E-state index in [4.69, 9.17) is 9.47 Å². The SMILES string of the molecule is COc1ccc(C(=O)N/C(=C\c2cccnc2)C(=O)Nc2ccccc2C)cc1OC. The number of nitrogens with one attached hydrogen (secondary N) is 2. The highest BCUT2D eigenvalue weighted by molar-refractivity contribution is 6.11. The van der Waals surface area contributed by atoms with Crippen LogP contribution in [-0.2, 0) is 4.79 Å². The molecule has 0 aliphatic carbocycles. The van der Waals surface area contributed by atoms with E-state index < -0.39 is 11.8 Å². The Bertz CT molecular complexity index is 1110. The molecular formula is C24H23N3O4. The van der Waals surface area contributed by atoms with Crippen molar-refractivity contribution < 1.29 is 19.1 Å². The van der Waals surface area contributed by atoms with Crippen LogP contribution in [0.1, 0.15) is 21.5 Å². The number of methoxy groups -OCH3 is 2. The van der Waals surface area contributed by atoms with Crippen LogP contribution in [0.25, 0.3) is 6.08 Å². The molecule has 1 aromatic heterocycles. The third-order valence-corrected chi connectivity index (χ3v) is 4.53. The van der Waals surface area contributed by atoms with E-state index in [2.05, 4.69) is 15.6 Å². The van der Waals surface area contributed by atoms with Crippen molar-refractivity contribution in [2.45, 2.75) is 6.92 Å². The number of rotatable bonds is 7. The van der Waals surface area contributed by atoms with Crippen LogP contribution >= 0.6 is 0 Å². The van der Waals surface area contributed by atoms with Gasteiger partial charge in [-0.25, -0.2) is 0 Å². The van der Waals surface area contributed by atoms with E-state index in [0.717, 1.165) is 5.56 Å². The van der Waals surface area contributed by atoms with Crippen molar-refractivity contribution in [2.24, 2.45) is 0 Å². The Morgan fingerprint density at radius 2 is 1.74 bits per heavy atom. The molecule has 0 aliphatic rings. The number of carbonyl (C=O) groups is 2. The van der Waals surface area contributed by atoms with Gasteiger partial charge in [0.2, 0.25) is 0 Å². The van der Waals surface area contributed by atoms with Crippen LogP contribution in [0, 0.1) is 6.92 Å². The average Bonchev–Trinajstić information content (AvgIpc) is 2.80. The second-order valence-corrected chi connectivity index (χ2v) is 6.64. The Hall–Kier alpha value is -4.13. The summed E-state index contributed by atoms with van der Waals surface area (Å²) >= 11 is 0. The number of nitrogens with zero attached hydrogens (tertiary/aromatic N) is 1. The van der Waals surface area contributed by atoms with E-state index in [9.17, 15) is 9.59 Å². The van der Waals surface area contributed by atoms with Crippen molar-refractivity contribution in [1.82, 2.24) is 10.3 Å². The summed E-state index contributed by atoms with van der Waals surface area (Å²) in [6.45, 7) is 1.89. The van der Waals surface area contributed by atoms with Crippen molar-refractivity contribution in [2.75, 3.05) is 19.5 Å². The van der Waals surface area contributed by atoms with Gasteiger partial charge >= 0.3 is 0 Å². The Labute approximate surface area is 180 Å². The van der Waals surface area contributed by atoms with Crippen LogP contribution < -0.4 is 20.1 Å². The molecule has 158 valence electrons. The number of pyridine rings is 1. The van der Waals surface area contributed by atoms with Gasteiger partial charge in [0.15, 0.2) is 11.5 Å². The highest BCUT2D eigenvalue weighted by atomic mass is 16.5. The molecule has 0 saturated carbocycles. The maximum absolute atomic E-state index is 13.0. The highest BCUT2D eigenvalue weighted by Gasteiger charge is 2.17. The van der Waals surface area contributed by atoms with E-state index in [1.54, 1.807) is 54.9 Å². The third-order valence-electron chi connectivity index (χ3n) is 4.53. The second-order valence-electron chi connectivity index (χ2n) is 6.64. The molecule has 3 rings (SSSR count). The molecular weight excluding hydrogens is 394 g/mol. The average molecular weight is 417 g/mol. The summed E-state index contributed by atoms with van der Waals surface area (Å²) in [5.74, 6) is 0.00257. The molecule has 0 aliphatic heterocycles. The Morgan fingerprint density at radius 3 is 2.42 bits per heavy atom. The van der Waals surface area contributed by atoms with Crippen LogP contribution in [0.2, 0.25) is 0 Å². The molecule has 0 spiro atoms. The fraction of sp³-hybridized carbons (Fsp3) is 0.125. The normalized spacial score (nSPS) is 10.9. The zero-order valence-corrected chi connectivity index (χ0v) is 17.5. The van der Waals surface area contributed by atoms with E-state index >= 15 is 0 Å². The third kappa shape index (κ3) is 5.48. The van der Waals surface area contributed by atoms with Gasteiger partial charge in [-0.3, -0.25) is 14.6 Å². The van der Waals surface area contributed by atoms with Gasteiger partial charge in [-0.2, -0.15) is 0 Å². The zero-order chi connectivity index (χ0) is 22.2. The number of para-hydroxylation sites is 1. The van der Waals surface area contributed by atoms with Gasteiger partial charge in [-0.1, -0.05) is 24.3 Å². The van der Waals surface area contributed by atoms with Gasteiger partial charge in [0.25, 0.3) is 11.8 Å². The monoisotopic (exact) mass is 417 g/mol. The molecule has 2 N–H and O–H groups in total. The number of benzene rings is 2. The summed E-state index contributed by atoms with van der Waals surface area (Å²) < 4.78 is 10.5. The predicted molar refractivity (Wildman–Crippen MR) is 119 cm³/mol. The minimum absolute atomic E-state index is 0.0797. The topological polar surface area (TPSA) is 89.5 Å². The van der Waals surface area contributed by atoms with E-state index in [1.165, 1.54) is 14.2 Å². The van der Waals surface area contributed by atoms with E-state index in [1.807, 2.05) is 25.1 Å². The Balaban J connectivity index is 1.90. The fourth-order valence-electron chi connectivity index (χ4n) is 2.86. The lowest BCUT2D eigenvalue weighted by atomic mass is 10.1. The molecule has 7 nitrogen and oxygen atoms in total. The molecule has 2 aromatic carbocycles. The summed E-state index contributed by atoms with van der Waals surface area (Å²) in [4.78, 5) is 29.9. The van der Waals surface area contributed by atoms with Gasteiger partial charge in [-0.15, -0.1) is 0 Å². The number of aryl methyl sites for hydroxylation is 1. The first kappa shape index (κ1) is 21.6. The highest BCUT2D eigenvalue weighted by Crippen LogP contribution is 2.27. The van der Waals surface area contributed by atoms with Gasteiger partial charge < -0.3 is 20.1 Å². The number of amides is 2. The molecule has 0 unspecified atom stereocenters. The lowest BCUT2D eigenvalue weighted by molar-refractivity contribution is -0.113. The second kappa shape index (κ2) is 10.1. The van der Waals surface area contributed by atoms with Crippen molar-refractivity contribution >= 4 is 23.6 Å². The number of anilines is 1. The van der Waals surface area contributed by atoms with Gasteiger partial charge in [-0.05, 0) is 54.5 Å². The number of hydrogen-bond donors (Lipinski definition) is 2. The number of carbonyl (C=O) groups excluding carboxylic acids is 2. The standard InChI is InChI=1S/C24H23N3O4/c1-16-7-4-5-9-19(16)26-24(29)20(13-17-8-6-12-25-15-17)27-23(28)18-10-11-21(30-2)22(14-18)31-3/h4-15H,1-3H3,(H,26,29)(H,27,28)/b20-13-. The fourth-order valence-corrected chi connectivity index (χ4v) is 2.86. The van der Waals surface area contributed by atoms with Crippen LogP contribution in [0.3, 0.4) is 0 Å². The lowest BCUT2D eigenvalue weighted by Crippen LogP contribution is -2.31. The minimum Gasteiger partial charge on any atom is -0.493 e. The molecule has 7 heteroatoms. The molecule has 0 atom stereocenters. The minimum atomic E-state index is -0.462. The molecule has 0 saturated heterocycles. The first-order valence-corrected chi connectivity index (χ1v) is 9.54. The maximum atomic E-state index is 13.0. The number of ether oxygens (including phenoxy) is 2. The molecule has 3 aromatic rings. The summed E-state index contributed by atoms with van der Waals surface area (Å²) in [5.41, 5.74) is 2.63. The van der Waals surface area contributed by atoms with Crippen LogP contribution in [0.15, 0.2) is 72.7 Å². The quantitative estimate of drug-likeness (QED) is 0.571. The summed E-state index contributed by atoms with van der Waals surface area (Å²) in [6, 6.07) is 15.7. The molecule has 0 bridgehead atoms. The largest absolute Gasteiger partial charge is 0.493 e. The summed E-state index contributed by atoms with van der Waals surface area (Å²) in [7, 11) is 3.01.